The van der Waals surface area contributed by atoms with Gasteiger partial charge in [-0.3, -0.25) is 9.79 Å². The third kappa shape index (κ3) is 8.49. The highest BCUT2D eigenvalue weighted by atomic mass is 127. The van der Waals surface area contributed by atoms with Crippen LogP contribution in [0.1, 0.15) is 10.4 Å². The molecule has 0 unspecified atom stereocenters. The lowest BCUT2D eigenvalue weighted by molar-refractivity contribution is 0.0954. The second-order valence-corrected chi connectivity index (χ2v) is 5.73. The summed E-state index contributed by atoms with van der Waals surface area (Å²) in [5, 5.41) is 9.53. The topological polar surface area (TPSA) is 74.8 Å². The summed E-state index contributed by atoms with van der Waals surface area (Å²) in [7, 11) is 1.69. The molecule has 0 spiro atoms. The molecule has 0 aliphatic rings. The number of para-hydroxylation sites is 1. The second kappa shape index (κ2) is 13.2. The Bertz CT molecular complexity index is 729. The molecule has 2 rings (SSSR count). The van der Waals surface area contributed by atoms with E-state index in [9.17, 15) is 4.79 Å². The van der Waals surface area contributed by atoms with Crippen LogP contribution in [-0.2, 0) is 0 Å². The van der Waals surface area contributed by atoms with Crippen molar-refractivity contribution in [1.29, 1.82) is 0 Å². The number of hydrogen-bond acceptors (Lipinski definition) is 3. The number of amides is 1. The summed E-state index contributed by atoms with van der Waals surface area (Å²) in [6.45, 7) is 2.12. The minimum atomic E-state index is -0.198. The molecule has 0 heterocycles. The van der Waals surface area contributed by atoms with E-state index >= 15 is 0 Å². The van der Waals surface area contributed by atoms with Gasteiger partial charge in [0.25, 0.3) is 5.91 Å². The van der Waals surface area contributed by atoms with E-state index < -0.39 is 0 Å². The first kappa shape index (κ1) is 23.0. The van der Waals surface area contributed by atoms with E-state index in [-0.39, 0.29) is 29.9 Å². The second-order valence-electron chi connectivity index (χ2n) is 5.32. The molecule has 0 saturated heterocycles. The molecule has 1 amide bonds. The smallest absolute Gasteiger partial charge is 0.252 e. The Morgan fingerprint density at radius 2 is 1.59 bits per heavy atom. The molecule has 0 saturated carbocycles. The van der Waals surface area contributed by atoms with Crippen molar-refractivity contribution in [2.45, 2.75) is 0 Å². The highest BCUT2D eigenvalue weighted by Crippen LogP contribution is 2.14. The Kier molecular flexibility index (Phi) is 11.3. The van der Waals surface area contributed by atoms with Gasteiger partial charge >= 0.3 is 0 Å². The number of nitrogens with one attached hydrogen (secondary N) is 3. The Morgan fingerprint density at radius 1 is 0.963 bits per heavy atom. The van der Waals surface area contributed by atoms with Crippen LogP contribution in [0.5, 0.6) is 5.75 Å². The standard InChI is InChI=1S/C19H23ClN4O2.HI/c1-21-19(24-13-14-26-15-7-3-2-4-8-15)23-12-11-22-18(25)16-9-5-6-10-17(16)20;/h2-10H,11-14H2,1H3,(H,22,25)(H2,21,23,24);1H. The van der Waals surface area contributed by atoms with Crippen LogP contribution in [-0.4, -0.2) is 45.2 Å². The monoisotopic (exact) mass is 502 g/mol. The first-order valence-corrected chi connectivity index (χ1v) is 8.73. The summed E-state index contributed by atoms with van der Waals surface area (Å²) in [6, 6.07) is 16.6. The van der Waals surface area contributed by atoms with E-state index in [2.05, 4.69) is 20.9 Å². The minimum absolute atomic E-state index is 0. The molecule has 27 heavy (non-hydrogen) atoms. The summed E-state index contributed by atoms with van der Waals surface area (Å²) in [5.74, 6) is 1.28. The van der Waals surface area contributed by atoms with Crippen molar-refractivity contribution in [1.82, 2.24) is 16.0 Å². The number of aliphatic imine (C=N–C) groups is 1. The minimum Gasteiger partial charge on any atom is -0.492 e. The lowest BCUT2D eigenvalue weighted by atomic mass is 10.2. The summed E-state index contributed by atoms with van der Waals surface area (Å²) in [5.41, 5.74) is 0.467. The van der Waals surface area contributed by atoms with Crippen molar-refractivity contribution in [3.05, 3.63) is 65.2 Å². The lowest BCUT2D eigenvalue weighted by Crippen LogP contribution is -2.42. The molecular formula is C19H24ClIN4O2. The molecule has 2 aromatic rings. The van der Waals surface area contributed by atoms with Crippen molar-refractivity contribution < 1.29 is 9.53 Å². The molecule has 0 atom stereocenters. The van der Waals surface area contributed by atoms with Gasteiger partial charge in [-0.2, -0.15) is 0 Å². The predicted octanol–water partition coefficient (Wildman–Crippen LogP) is 2.93. The van der Waals surface area contributed by atoms with Gasteiger partial charge in [0.2, 0.25) is 0 Å². The van der Waals surface area contributed by atoms with Crippen LogP contribution in [0.3, 0.4) is 0 Å². The van der Waals surface area contributed by atoms with E-state index in [0.29, 0.717) is 42.8 Å². The fourth-order valence-corrected chi connectivity index (χ4v) is 2.39. The molecular weight excluding hydrogens is 479 g/mol. The highest BCUT2D eigenvalue weighted by Gasteiger charge is 2.08. The average molecular weight is 503 g/mol. The van der Waals surface area contributed by atoms with E-state index in [1.54, 1.807) is 31.3 Å². The fourth-order valence-electron chi connectivity index (χ4n) is 2.17. The lowest BCUT2D eigenvalue weighted by Gasteiger charge is -2.13. The van der Waals surface area contributed by atoms with Crippen LogP contribution >= 0.6 is 35.6 Å². The van der Waals surface area contributed by atoms with Gasteiger partial charge in [0.15, 0.2) is 5.96 Å². The summed E-state index contributed by atoms with van der Waals surface area (Å²) < 4.78 is 5.60. The van der Waals surface area contributed by atoms with E-state index in [1.165, 1.54) is 0 Å². The van der Waals surface area contributed by atoms with Crippen molar-refractivity contribution in [2.24, 2.45) is 4.99 Å². The number of guanidine groups is 1. The molecule has 0 fully saturated rings. The molecule has 0 bridgehead atoms. The number of hydrogen-bond donors (Lipinski definition) is 3. The summed E-state index contributed by atoms with van der Waals surface area (Å²) >= 11 is 6.00. The highest BCUT2D eigenvalue weighted by molar-refractivity contribution is 14.0. The third-order valence-electron chi connectivity index (χ3n) is 3.45. The third-order valence-corrected chi connectivity index (χ3v) is 3.78. The van der Waals surface area contributed by atoms with Crippen molar-refractivity contribution in [3.8, 4) is 5.75 Å². The fraction of sp³-hybridized carbons (Fsp3) is 0.263. The van der Waals surface area contributed by atoms with Crippen LogP contribution in [0, 0.1) is 0 Å². The van der Waals surface area contributed by atoms with Crippen molar-refractivity contribution in [2.75, 3.05) is 33.3 Å². The van der Waals surface area contributed by atoms with Crippen LogP contribution in [0.15, 0.2) is 59.6 Å². The molecule has 0 aliphatic heterocycles. The number of halogens is 2. The number of carbonyl (C=O) groups is 1. The summed E-state index contributed by atoms with van der Waals surface area (Å²) in [4.78, 5) is 16.2. The maximum absolute atomic E-state index is 12.0. The Balaban J connectivity index is 0.00000364. The van der Waals surface area contributed by atoms with Crippen LogP contribution in [0.25, 0.3) is 0 Å². The SMILES string of the molecule is CN=C(NCCNC(=O)c1ccccc1Cl)NCCOc1ccccc1.I. The van der Waals surface area contributed by atoms with Crippen LogP contribution in [0.4, 0.5) is 0 Å². The van der Waals surface area contributed by atoms with Crippen molar-refractivity contribution in [3.63, 3.8) is 0 Å². The van der Waals surface area contributed by atoms with Gasteiger partial charge in [0.05, 0.1) is 17.1 Å². The maximum Gasteiger partial charge on any atom is 0.252 e. The van der Waals surface area contributed by atoms with E-state index in [0.717, 1.165) is 5.75 Å². The van der Waals surface area contributed by atoms with Gasteiger partial charge in [0.1, 0.15) is 12.4 Å². The van der Waals surface area contributed by atoms with E-state index in [4.69, 9.17) is 16.3 Å². The van der Waals surface area contributed by atoms with Crippen molar-refractivity contribution >= 4 is 47.4 Å². The number of nitrogens with zero attached hydrogens (tertiary/aromatic N) is 1. The predicted molar refractivity (Wildman–Crippen MR) is 121 cm³/mol. The molecule has 2 aromatic carbocycles. The van der Waals surface area contributed by atoms with Gasteiger partial charge in [-0.15, -0.1) is 24.0 Å². The number of rotatable bonds is 8. The van der Waals surface area contributed by atoms with Gasteiger partial charge in [-0.25, -0.2) is 0 Å². The molecule has 0 radical (unpaired) electrons. The first-order chi connectivity index (χ1) is 12.7. The number of carbonyl (C=O) groups excluding carboxylic acids is 1. The van der Waals surface area contributed by atoms with Gasteiger partial charge in [-0.1, -0.05) is 41.9 Å². The van der Waals surface area contributed by atoms with Gasteiger partial charge in [-0.05, 0) is 24.3 Å². The van der Waals surface area contributed by atoms with Gasteiger partial charge < -0.3 is 20.7 Å². The average Bonchev–Trinajstić information content (AvgIpc) is 2.67. The summed E-state index contributed by atoms with van der Waals surface area (Å²) in [6.07, 6.45) is 0. The zero-order chi connectivity index (χ0) is 18.6. The Hall–Kier alpha value is -2.00. The Morgan fingerprint density at radius 3 is 2.30 bits per heavy atom. The molecule has 0 aliphatic carbocycles. The zero-order valence-electron chi connectivity index (χ0n) is 15.1. The quantitative estimate of drug-likeness (QED) is 0.225. The first-order valence-electron chi connectivity index (χ1n) is 8.36. The molecule has 8 heteroatoms. The normalized spacial score (nSPS) is 10.5. The molecule has 146 valence electrons. The maximum atomic E-state index is 12.0. The molecule has 0 aromatic heterocycles. The largest absolute Gasteiger partial charge is 0.492 e. The number of benzene rings is 2. The van der Waals surface area contributed by atoms with E-state index in [1.807, 2.05) is 30.3 Å². The molecule has 3 N–H and O–H groups in total. The van der Waals surface area contributed by atoms with Crippen LogP contribution in [0.2, 0.25) is 5.02 Å². The van der Waals surface area contributed by atoms with Gasteiger partial charge in [0, 0.05) is 20.1 Å². The number of ether oxygens (including phenoxy) is 1. The Labute approximate surface area is 181 Å². The van der Waals surface area contributed by atoms with Crippen LogP contribution < -0.4 is 20.7 Å². The zero-order valence-corrected chi connectivity index (χ0v) is 18.2. The molecule has 6 nitrogen and oxygen atoms in total.